The van der Waals surface area contributed by atoms with Gasteiger partial charge in [0.15, 0.2) is 11.5 Å². The molecule has 172 valence electrons. The molecule has 1 amide bonds. The molecular weight excluding hydrogens is 434 g/mol. The molecule has 5 rings (SSSR count). The molecule has 0 radical (unpaired) electrons. The monoisotopic (exact) mass is 457 g/mol. The Morgan fingerprint density at radius 2 is 1.85 bits per heavy atom. The summed E-state index contributed by atoms with van der Waals surface area (Å²) in [5, 5.41) is 9.85. The van der Waals surface area contributed by atoms with Crippen molar-refractivity contribution in [1.82, 2.24) is 9.55 Å². The summed E-state index contributed by atoms with van der Waals surface area (Å²) >= 11 is 0. The highest BCUT2D eigenvalue weighted by Gasteiger charge is 2.47. The molecule has 8 heteroatoms. The number of imidazole rings is 1. The Kier molecular flexibility index (Phi) is 5.20. The van der Waals surface area contributed by atoms with Crippen LogP contribution in [0.25, 0.3) is 11.0 Å². The summed E-state index contributed by atoms with van der Waals surface area (Å²) in [4.78, 5) is 33.7. The van der Waals surface area contributed by atoms with Crippen LogP contribution in [0.4, 0.5) is 5.95 Å². The SMILES string of the molecule is CCOC1=C(C(=O)c2ccc(C)o2)C(c2ccc(O)cc2)N(c2nc3ccccc3n2C)C1=O. The van der Waals surface area contributed by atoms with Gasteiger partial charge < -0.3 is 18.8 Å². The minimum Gasteiger partial charge on any atom is -0.508 e. The third-order valence-electron chi connectivity index (χ3n) is 5.87. The van der Waals surface area contributed by atoms with E-state index < -0.39 is 17.7 Å². The van der Waals surface area contributed by atoms with E-state index in [-0.39, 0.29) is 29.4 Å². The van der Waals surface area contributed by atoms with Crippen molar-refractivity contribution in [3.05, 3.63) is 89.1 Å². The van der Waals surface area contributed by atoms with Crippen LogP contribution in [0, 0.1) is 6.92 Å². The van der Waals surface area contributed by atoms with Gasteiger partial charge >= 0.3 is 0 Å². The number of carbonyl (C=O) groups is 2. The van der Waals surface area contributed by atoms with E-state index in [0.717, 1.165) is 11.0 Å². The zero-order valence-electron chi connectivity index (χ0n) is 19.0. The molecule has 0 fully saturated rings. The molecule has 2 aromatic carbocycles. The van der Waals surface area contributed by atoms with Crippen molar-refractivity contribution in [2.24, 2.45) is 7.05 Å². The van der Waals surface area contributed by atoms with E-state index in [1.54, 1.807) is 38.1 Å². The van der Waals surface area contributed by atoms with Gasteiger partial charge in [-0.15, -0.1) is 0 Å². The Morgan fingerprint density at radius 1 is 1.12 bits per heavy atom. The molecular formula is C26H23N3O5. The lowest BCUT2D eigenvalue weighted by Gasteiger charge is -2.25. The number of para-hydroxylation sites is 2. The molecule has 8 nitrogen and oxygen atoms in total. The van der Waals surface area contributed by atoms with Gasteiger partial charge in [0, 0.05) is 7.05 Å². The van der Waals surface area contributed by atoms with Crippen molar-refractivity contribution in [3.8, 4) is 5.75 Å². The summed E-state index contributed by atoms with van der Waals surface area (Å²) in [6.45, 7) is 3.71. The molecule has 1 atom stereocenters. The summed E-state index contributed by atoms with van der Waals surface area (Å²) in [5.41, 5.74) is 2.35. The quantitative estimate of drug-likeness (QED) is 0.430. The number of hydrogen-bond acceptors (Lipinski definition) is 6. The first kappa shape index (κ1) is 21.5. The Labute approximate surface area is 195 Å². The van der Waals surface area contributed by atoms with Crippen molar-refractivity contribution < 1.29 is 23.8 Å². The number of ether oxygens (including phenoxy) is 1. The number of fused-ring (bicyclic) bond motifs is 1. The van der Waals surface area contributed by atoms with E-state index in [1.165, 1.54) is 17.0 Å². The van der Waals surface area contributed by atoms with Crippen LogP contribution in [0.1, 0.15) is 34.8 Å². The molecule has 1 aliphatic heterocycles. The third-order valence-corrected chi connectivity index (χ3v) is 5.87. The topological polar surface area (TPSA) is 97.8 Å². The molecule has 0 spiro atoms. The predicted molar refractivity (Wildman–Crippen MR) is 125 cm³/mol. The lowest BCUT2D eigenvalue weighted by Crippen LogP contribution is -2.33. The van der Waals surface area contributed by atoms with Crippen LogP contribution < -0.4 is 4.90 Å². The van der Waals surface area contributed by atoms with Gasteiger partial charge in [-0.3, -0.25) is 14.5 Å². The highest BCUT2D eigenvalue weighted by Crippen LogP contribution is 2.43. The number of phenolic OH excluding ortho intramolecular Hbond substituents is 1. The third kappa shape index (κ3) is 3.35. The molecule has 0 saturated carbocycles. The van der Waals surface area contributed by atoms with Crippen molar-refractivity contribution >= 4 is 28.7 Å². The number of carbonyl (C=O) groups excluding carboxylic acids is 2. The van der Waals surface area contributed by atoms with Crippen molar-refractivity contribution in [2.75, 3.05) is 11.5 Å². The number of aromatic hydroxyl groups is 1. The first-order valence-electron chi connectivity index (χ1n) is 10.9. The van der Waals surface area contributed by atoms with Gasteiger partial charge in [-0.05, 0) is 55.8 Å². The first-order valence-corrected chi connectivity index (χ1v) is 10.9. The molecule has 0 saturated heterocycles. The summed E-state index contributed by atoms with van der Waals surface area (Å²) in [6, 6.07) is 16.4. The van der Waals surface area contributed by atoms with E-state index >= 15 is 0 Å². The number of hydrogen-bond donors (Lipinski definition) is 1. The molecule has 2 aromatic heterocycles. The number of phenols is 1. The fraction of sp³-hybridized carbons (Fsp3) is 0.192. The Balaban J connectivity index is 1.74. The average molecular weight is 457 g/mol. The van der Waals surface area contributed by atoms with Crippen LogP contribution in [-0.4, -0.2) is 33.0 Å². The van der Waals surface area contributed by atoms with E-state index in [9.17, 15) is 14.7 Å². The minimum atomic E-state index is -0.830. The maximum atomic E-state index is 13.8. The number of benzene rings is 2. The molecule has 0 bridgehead atoms. The number of nitrogens with zero attached hydrogens (tertiary/aromatic N) is 3. The zero-order valence-corrected chi connectivity index (χ0v) is 19.0. The van der Waals surface area contributed by atoms with Gasteiger partial charge in [0.05, 0.1) is 29.3 Å². The number of furan rings is 1. The molecule has 1 aliphatic rings. The van der Waals surface area contributed by atoms with Crippen molar-refractivity contribution in [1.29, 1.82) is 0 Å². The molecule has 1 N–H and O–H groups in total. The van der Waals surface area contributed by atoms with Gasteiger partial charge in [-0.1, -0.05) is 24.3 Å². The number of ketones is 1. The average Bonchev–Trinajstić information content (AvgIpc) is 3.49. The summed E-state index contributed by atoms with van der Waals surface area (Å²) in [5.74, 6) is 0.208. The summed E-state index contributed by atoms with van der Waals surface area (Å²) in [7, 11) is 1.82. The fourth-order valence-corrected chi connectivity index (χ4v) is 4.32. The first-order chi connectivity index (χ1) is 16.4. The maximum absolute atomic E-state index is 13.8. The minimum absolute atomic E-state index is 0.0355. The molecule has 34 heavy (non-hydrogen) atoms. The van der Waals surface area contributed by atoms with Gasteiger partial charge in [0.1, 0.15) is 11.5 Å². The van der Waals surface area contributed by atoms with E-state index in [2.05, 4.69) is 0 Å². The molecule has 0 aliphatic carbocycles. The van der Waals surface area contributed by atoms with E-state index in [1.807, 2.05) is 35.9 Å². The molecule has 4 aromatic rings. The highest BCUT2D eigenvalue weighted by molar-refractivity contribution is 6.20. The van der Waals surface area contributed by atoms with Gasteiger partial charge in [0.25, 0.3) is 5.91 Å². The predicted octanol–water partition coefficient (Wildman–Crippen LogP) is 4.44. The number of aryl methyl sites for hydroxylation is 2. The van der Waals surface area contributed by atoms with Crippen LogP contribution in [0.3, 0.4) is 0 Å². The Hall–Kier alpha value is -4.33. The Bertz CT molecular complexity index is 1440. The zero-order chi connectivity index (χ0) is 24.0. The number of Topliss-reactive ketones (excluding diaryl/α,β-unsaturated/α-hetero) is 1. The van der Waals surface area contributed by atoms with E-state index in [0.29, 0.717) is 17.3 Å². The van der Waals surface area contributed by atoms with Gasteiger partial charge in [0.2, 0.25) is 11.7 Å². The second-order valence-corrected chi connectivity index (χ2v) is 8.04. The summed E-state index contributed by atoms with van der Waals surface area (Å²) in [6.07, 6.45) is 0. The second-order valence-electron chi connectivity index (χ2n) is 8.04. The molecule has 3 heterocycles. The largest absolute Gasteiger partial charge is 0.508 e. The second kappa shape index (κ2) is 8.22. The van der Waals surface area contributed by atoms with Crippen molar-refractivity contribution in [3.63, 3.8) is 0 Å². The van der Waals surface area contributed by atoms with E-state index in [4.69, 9.17) is 14.1 Å². The standard InChI is InChI=1S/C26H23N3O5/c1-4-33-24-21(23(31)20-14-9-15(2)34-20)22(16-10-12-17(30)13-11-16)29(25(24)32)26-27-18-7-5-6-8-19(18)28(26)3/h5-14,22,30H,4H2,1-3H3. The smallest absolute Gasteiger partial charge is 0.297 e. The fourth-order valence-electron chi connectivity index (χ4n) is 4.32. The Morgan fingerprint density at radius 3 is 2.50 bits per heavy atom. The molecule has 1 unspecified atom stereocenters. The van der Waals surface area contributed by atoms with Crippen LogP contribution in [0.5, 0.6) is 5.75 Å². The summed E-state index contributed by atoms with van der Waals surface area (Å²) < 4.78 is 13.2. The maximum Gasteiger partial charge on any atom is 0.297 e. The van der Waals surface area contributed by atoms with Crippen molar-refractivity contribution in [2.45, 2.75) is 19.9 Å². The normalized spacial score (nSPS) is 16.0. The number of amides is 1. The van der Waals surface area contributed by atoms with Crippen LogP contribution in [0.2, 0.25) is 0 Å². The number of rotatable bonds is 6. The van der Waals surface area contributed by atoms with Crippen LogP contribution >= 0.6 is 0 Å². The van der Waals surface area contributed by atoms with Crippen LogP contribution in [-0.2, 0) is 16.6 Å². The van der Waals surface area contributed by atoms with Crippen LogP contribution in [0.15, 0.2) is 76.4 Å². The lowest BCUT2D eigenvalue weighted by atomic mass is 9.95. The lowest BCUT2D eigenvalue weighted by molar-refractivity contribution is -0.117. The van der Waals surface area contributed by atoms with Gasteiger partial charge in [-0.2, -0.15) is 0 Å². The highest BCUT2D eigenvalue weighted by atomic mass is 16.5. The number of anilines is 1. The number of aromatic nitrogens is 2. The van der Waals surface area contributed by atoms with Gasteiger partial charge in [-0.25, -0.2) is 4.98 Å².